The molecule has 1 aromatic heterocycles. The number of aromatic nitrogens is 1. The molecule has 4 nitrogen and oxygen atoms in total. The summed E-state index contributed by atoms with van der Waals surface area (Å²) in [5, 5.41) is 2.22. The second-order valence-electron chi connectivity index (χ2n) is 8.36. The normalized spacial score (nSPS) is 18.2. The lowest BCUT2D eigenvalue weighted by atomic mass is 9.79. The van der Waals surface area contributed by atoms with Gasteiger partial charge < -0.3 is 13.7 Å². The van der Waals surface area contributed by atoms with Crippen molar-refractivity contribution in [2.24, 2.45) is 0 Å². The molecule has 5 heteroatoms. The van der Waals surface area contributed by atoms with Gasteiger partial charge in [0.2, 0.25) is 5.89 Å². The number of hydrogen-bond donors (Lipinski definition) is 0. The van der Waals surface area contributed by atoms with Crippen LogP contribution in [0.25, 0.3) is 33.3 Å². The van der Waals surface area contributed by atoms with Gasteiger partial charge in [-0.05, 0) is 56.7 Å². The zero-order valence-electron chi connectivity index (χ0n) is 16.5. The largest absolute Gasteiger partial charge is 0.494 e. The van der Waals surface area contributed by atoms with Crippen molar-refractivity contribution < 1.29 is 13.7 Å². The van der Waals surface area contributed by atoms with Crippen LogP contribution in [0.15, 0.2) is 65.1 Å². The van der Waals surface area contributed by atoms with E-state index in [1.807, 2.05) is 42.5 Å². The summed E-state index contributed by atoms with van der Waals surface area (Å²) < 4.78 is 18.4. The third-order valence-electron chi connectivity index (χ3n) is 5.96. The topological polar surface area (TPSA) is 44.5 Å². The Balaban J connectivity index is 1.49. The van der Waals surface area contributed by atoms with E-state index in [9.17, 15) is 0 Å². The predicted octanol–water partition coefficient (Wildman–Crippen LogP) is 4.95. The molecule has 1 fully saturated rings. The minimum absolute atomic E-state index is 0.350. The standard InChI is InChI=1S/C23H22BNO3/c1-22(2)23(3,4)28-24(27-22)17-12-9-16(10-13-17)21-25-19-14-11-15-7-5-6-8-18(15)20(19)26-21/h5-14H,1-4H3. The van der Waals surface area contributed by atoms with E-state index in [0.29, 0.717) is 5.89 Å². The summed E-state index contributed by atoms with van der Waals surface area (Å²) in [5.74, 6) is 0.617. The van der Waals surface area contributed by atoms with Gasteiger partial charge in [-0.3, -0.25) is 0 Å². The number of nitrogens with zero attached hydrogens (tertiary/aromatic N) is 1. The van der Waals surface area contributed by atoms with E-state index in [0.717, 1.165) is 32.9 Å². The summed E-state index contributed by atoms with van der Waals surface area (Å²) in [4.78, 5) is 4.68. The van der Waals surface area contributed by atoms with Gasteiger partial charge in [-0.1, -0.05) is 42.5 Å². The molecule has 5 rings (SSSR count). The summed E-state index contributed by atoms with van der Waals surface area (Å²) >= 11 is 0. The first-order chi connectivity index (χ1) is 13.3. The molecule has 4 aromatic rings. The zero-order valence-corrected chi connectivity index (χ0v) is 16.5. The van der Waals surface area contributed by atoms with Crippen molar-refractivity contribution in [2.75, 3.05) is 0 Å². The highest BCUT2D eigenvalue weighted by Crippen LogP contribution is 2.36. The summed E-state index contributed by atoms with van der Waals surface area (Å²) in [6.45, 7) is 8.24. The summed E-state index contributed by atoms with van der Waals surface area (Å²) in [6.07, 6.45) is 0. The maximum Gasteiger partial charge on any atom is 0.494 e. The Bertz CT molecular complexity index is 1160. The van der Waals surface area contributed by atoms with Crippen molar-refractivity contribution in [1.82, 2.24) is 4.98 Å². The highest BCUT2D eigenvalue weighted by Gasteiger charge is 2.51. The second kappa shape index (κ2) is 5.93. The number of benzene rings is 3. The second-order valence-corrected chi connectivity index (χ2v) is 8.36. The Kier molecular flexibility index (Phi) is 3.70. The zero-order chi connectivity index (χ0) is 19.5. The van der Waals surface area contributed by atoms with E-state index in [2.05, 4.69) is 50.9 Å². The minimum Gasteiger partial charge on any atom is -0.435 e. The Hall–Kier alpha value is -2.63. The van der Waals surface area contributed by atoms with Crippen molar-refractivity contribution in [1.29, 1.82) is 0 Å². The van der Waals surface area contributed by atoms with Crippen LogP contribution in [0.2, 0.25) is 0 Å². The van der Waals surface area contributed by atoms with Crippen LogP contribution in [0.5, 0.6) is 0 Å². The van der Waals surface area contributed by atoms with E-state index >= 15 is 0 Å². The molecular weight excluding hydrogens is 349 g/mol. The third kappa shape index (κ3) is 2.66. The summed E-state index contributed by atoms with van der Waals surface area (Å²) in [6, 6.07) is 20.3. The molecular formula is C23H22BNO3. The van der Waals surface area contributed by atoms with Gasteiger partial charge in [0.25, 0.3) is 0 Å². The fourth-order valence-electron chi connectivity index (χ4n) is 3.54. The molecule has 0 radical (unpaired) electrons. The first-order valence-electron chi connectivity index (χ1n) is 9.58. The first kappa shape index (κ1) is 17.5. The van der Waals surface area contributed by atoms with Crippen LogP contribution in [0, 0.1) is 0 Å². The first-order valence-corrected chi connectivity index (χ1v) is 9.58. The predicted molar refractivity (Wildman–Crippen MR) is 113 cm³/mol. The van der Waals surface area contributed by atoms with Crippen LogP contribution in [0.1, 0.15) is 27.7 Å². The Labute approximate surface area is 164 Å². The van der Waals surface area contributed by atoms with Crippen LogP contribution in [0.4, 0.5) is 0 Å². The molecule has 0 amide bonds. The van der Waals surface area contributed by atoms with Crippen LogP contribution >= 0.6 is 0 Å². The van der Waals surface area contributed by atoms with Crippen molar-refractivity contribution in [3.05, 3.63) is 60.7 Å². The molecule has 1 saturated heterocycles. The molecule has 0 saturated carbocycles. The molecule has 1 aliphatic heterocycles. The lowest BCUT2D eigenvalue weighted by Crippen LogP contribution is -2.41. The van der Waals surface area contributed by atoms with Gasteiger partial charge in [0.05, 0.1) is 11.2 Å². The van der Waals surface area contributed by atoms with Crippen molar-refractivity contribution in [3.8, 4) is 11.5 Å². The van der Waals surface area contributed by atoms with E-state index in [1.54, 1.807) is 0 Å². The van der Waals surface area contributed by atoms with Gasteiger partial charge in [0, 0.05) is 10.9 Å². The number of oxazole rings is 1. The fraction of sp³-hybridized carbons (Fsp3) is 0.261. The van der Waals surface area contributed by atoms with Crippen LogP contribution < -0.4 is 5.46 Å². The Morgan fingerprint density at radius 3 is 2.18 bits per heavy atom. The molecule has 2 heterocycles. The van der Waals surface area contributed by atoms with Crippen molar-refractivity contribution in [3.63, 3.8) is 0 Å². The average Bonchev–Trinajstić information content (AvgIpc) is 3.20. The summed E-state index contributed by atoms with van der Waals surface area (Å²) in [7, 11) is -0.369. The maximum atomic E-state index is 6.13. The van der Waals surface area contributed by atoms with Gasteiger partial charge in [-0.2, -0.15) is 0 Å². The van der Waals surface area contributed by atoms with Gasteiger partial charge in [0.1, 0.15) is 5.52 Å². The summed E-state index contributed by atoms with van der Waals surface area (Å²) in [5.41, 5.74) is 2.91. The quantitative estimate of drug-likeness (QED) is 0.468. The van der Waals surface area contributed by atoms with Gasteiger partial charge >= 0.3 is 7.12 Å². The van der Waals surface area contributed by atoms with Gasteiger partial charge in [-0.25, -0.2) is 4.98 Å². The molecule has 0 aliphatic carbocycles. The molecule has 140 valence electrons. The smallest absolute Gasteiger partial charge is 0.435 e. The lowest BCUT2D eigenvalue weighted by molar-refractivity contribution is 0.00578. The van der Waals surface area contributed by atoms with E-state index in [-0.39, 0.29) is 18.3 Å². The number of rotatable bonds is 2. The van der Waals surface area contributed by atoms with E-state index in [1.165, 1.54) is 0 Å². The Morgan fingerprint density at radius 2 is 1.46 bits per heavy atom. The van der Waals surface area contributed by atoms with Crippen LogP contribution in [0.3, 0.4) is 0 Å². The SMILES string of the molecule is CC1(C)OB(c2ccc(-c3nc4ccc5ccccc5c4o3)cc2)OC1(C)C. The van der Waals surface area contributed by atoms with Crippen LogP contribution in [-0.4, -0.2) is 23.3 Å². The molecule has 0 bridgehead atoms. The molecule has 3 aromatic carbocycles. The van der Waals surface area contributed by atoms with Crippen molar-refractivity contribution >= 4 is 34.5 Å². The molecule has 0 N–H and O–H groups in total. The number of fused-ring (bicyclic) bond motifs is 3. The maximum absolute atomic E-state index is 6.13. The molecule has 28 heavy (non-hydrogen) atoms. The fourth-order valence-corrected chi connectivity index (χ4v) is 3.54. The van der Waals surface area contributed by atoms with Gasteiger partial charge in [-0.15, -0.1) is 0 Å². The highest BCUT2D eigenvalue weighted by molar-refractivity contribution is 6.62. The Morgan fingerprint density at radius 1 is 0.786 bits per heavy atom. The molecule has 0 spiro atoms. The van der Waals surface area contributed by atoms with Gasteiger partial charge in [0.15, 0.2) is 5.58 Å². The highest BCUT2D eigenvalue weighted by atomic mass is 16.7. The third-order valence-corrected chi connectivity index (χ3v) is 5.96. The molecule has 0 atom stereocenters. The minimum atomic E-state index is -0.369. The monoisotopic (exact) mass is 371 g/mol. The van der Waals surface area contributed by atoms with Crippen LogP contribution in [-0.2, 0) is 9.31 Å². The molecule has 0 unspecified atom stereocenters. The average molecular weight is 371 g/mol. The molecule has 1 aliphatic rings. The van der Waals surface area contributed by atoms with E-state index in [4.69, 9.17) is 13.7 Å². The van der Waals surface area contributed by atoms with E-state index < -0.39 is 0 Å². The number of hydrogen-bond acceptors (Lipinski definition) is 4. The lowest BCUT2D eigenvalue weighted by Gasteiger charge is -2.32. The van der Waals surface area contributed by atoms with Crippen molar-refractivity contribution in [2.45, 2.75) is 38.9 Å².